The van der Waals surface area contributed by atoms with E-state index in [2.05, 4.69) is 4.99 Å². The number of benzene rings is 2. The number of fused-ring (bicyclic) bond motifs is 2. The molecule has 0 fully saturated rings. The van der Waals surface area contributed by atoms with Crippen LogP contribution in [-0.2, 0) is 4.74 Å². The van der Waals surface area contributed by atoms with Crippen molar-refractivity contribution < 1.29 is 4.74 Å². The number of nitrogens with zero attached hydrogens (tertiary/aromatic N) is 1. The Balaban J connectivity index is 2.47. The van der Waals surface area contributed by atoms with Crippen molar-refractivity contribution in [2.24, 2.45) is 0 Å². The smallest absolute Gasteiger partial charge is 0.288 e. The molecule has 0 aliphatic carbocycles. The van der Waals surface area contributed by atoms with E-state index in [-0.39, 0.29) is 0 Å². The maximum Gasteiger partial charge on any atom is 0.288 e. The van der Waals surface area contributed by atoms with Gasteiger partial charge in [0.25, 0.3) is 11.0 Å². The Bertz CT molecular complexity index is 658. The predicted molar refractivity (Wildman–Crippen MR) is 62.6 cm³/mol. The minimum atomic E-state index is 0.904. The fourth-order valence-corrected chi connectivity index (χ4v) is 2.02. The van der Waals surface area contributed by atoms with E-state index in [1.165, 1.54) is 0 Å². The number of ether oxygens (including phenoxy) is 1. The van der Waals surface area contributed by atoms with Gasteiger partial charge in [0.2, 0.25) is 0 Å². The van der Waals surface area contributed by atoms with Crippen molar-refractivity contribution in [1.29, 1.82) is 0 Å². The SMILES string of the molecule is COC1=c2ccccc2=[N+]c2ccccc21. The highest BCUT2D eigenvalue weighted by molar-refractivity contribution is 5.71. The van der Waals surface area contributed by atoms with Crippen LogP contribution in [0.25, 0.3) is 5.76 Å². The first kappa shape index (κ1) is 9.16. The molecule has 1 aliphatic rings. The van der Waals surface area contributed by atoms with Crippen molar-refractivity contribution in [3.8, 4) is 0 Å². The highest BCUT2D eigenvalue weighted by Crippen LogP contribution is 2.21. The number of methoxy groups -OCH3 is 1. The first-order valence-electron chi connectivity index (χ1n) is 5.21. The minimum Gasteiger partial charge on any atom is -0.495 e. The van der Waals surface area contributed by atoms with Gasteiger partial charge in [-0.3, -0.25) is 0 Å². The van der Waals surface area contributed by atoms with Crippen molar-refractivity contribution in [2.75, 3.05) is 7.11 Å². The molecule has 0 atom stereocenters. The minimum absolute atomic E-state index is 0.904. The summed E-state index contributed by atoms with van der Waals surface area (Å²) in [6.07, 6.45) is 0. The highest BCUT2D eigenvalue weighted by Gasteiger charge is 2.21. The molecule has 0 amide bonds. The van der Waals surface area contributed by atoms with Crippen LogP contribution in [0.4, 0.5) is 5.69 Å². The lowest BCUT2D eigenvalue weighted by Crippen LogP contribution is -2.34. The molecule has 0 bridgehead atoms. The quantitative estimate of drug-likeness (QED) is 0.689. The second-order valence-corrected chi connectivity index (χ2v) is 3.68. The molecule has 77 valence electrons. The highest BCUT2D eigenvalue weighted by atomic mass is 16.5. The second-order valence-electron chi connectivity index (χ2n) is 3.68. The normalized spacial score (nSPS) is 12.4. The van der Waals surface area contributed by atoms with E-state index in [9.17, 15) is 0 Å². The second kappa shape index (κ2) is 3.49. The predicted octanol–water partition coefficient (Wildman–Crippen LogP) is 1.09. The lowest BCUT2D eigenvalue weighted by atomic mass is 10.1. The van der Waals surface area contributed by atoms with Crippen molar-refractivity contribution in [3.63, 3.8) is 0 Å². The summed E-state index contributed by atoms with van der Waals surface area (Å²) >= 11 is 0. The first-order chi connectivity index (χ1) is 7.90. The zero-order valence-electron chi connectivity index (χ0n) is 8.97. The number of hydrogen-bond acceptors (Lipinski definition) is 2. The molecule has 0 spiro atoms. The summed E-state index contributed by atoms with van der Waals surface area (Å²) in [5.41, 5.74) is 2.03. The van der Waals surface area contributed by atoms with E-state index in [1.54, 1.807) is 7.11 Å². The van der Waals surface area contributed by atoms with Crippen LogP contribution in [0.3, 0.4) is 0 Å². The molecule has 0 saturated heterocycles. The molecule has 3 rings (SSSR count). The Morgan fingerprint density at radius 1 is 0.938 bits per heavy atom. The Kier molecular flexibility index (Phi) is 2.00. The maximum absolute atomic E-state index is 5.50. The van der Waals surface area contributed by atoms with Crippen LogP contribution >= 0.6 is 0 Å². The van der Waals surface area contributed by atoms with Crippen LogP contribution in [0.1, 0.15) is 5.56 Å². The van der Waals surface area contributed by atoms with Crippen molar-refractivity contribution in [3.05, 3.63) is 64.7 Å². The molecule has 0 aromatic heterocycles. The topological polar surface area (TPSA) is 23.3 Å². The third kappa shape index (κ3) is 1.23. The largest absolute Gasteiger partial charge is 0.495 e. The average molecular weight is 209 g/mol. The first-order valence-corrected chi connectivity index (χ1v) is 5.21. The molecule has 1 aliphatic heterocycles. The van der Waals surface area contributed by atoms with Crippen LogP contribution in [0.5, 0.6) is 0 Å². The van der Waals surface area contributed by atoms with Gasteiger partial charge < -0.3 is 4.74 Å². The van der Waals surface area contributed by atoms with Crippen molar-refractivity contribution in [2.45, 2.75) is 0 Å². The lowest BCUT2D eigenvalue weighted by molar-refractivity contribution is 0.366. The summed E-state index contributed by atoms with van der Waals surface area (Å²) in [4.78, 5) is 4.61. The van der Waals surface area contributed by atoms with Gasteiger partial charge in [-0.25, -0.2) is 0 Å². The molecule has 2 heteroatoms. The van der Waals surface area contributed by atoms with Crippen LogP contribution in [-0.4, -0.2) is 7.11 Å². The molecule has 16 heavy (non-hydrogen) atoms. The third-order valence-electron chi connectivity index (χ3n) is 2.74. The molecule has 0 N–H and O–H groups in total. The van der Waals surface area contributed by atoms with Gasteiger partial charge in [0, 0.05) is 12.1 Å². The van der Waals surface area contributed by atoms with E-state index in [4.69, 9.17) is 4.74 Å². The molecule has 2 nitrogen and oxygen atoms in total. The molecular weight excluding hydrogens is 198 g/mol. The van der Waals surface area contributed by atoms with Gasteiger partial charge in [0.05, 0.1) is 22.9 Å². The number of para-hydroxylation sites is 2. The molecule has 0 saturated carbocycles. The van der Waals surface area contributed by atoms with Crippen LogP contribution in [0.15, 0.2) is 48.5 Å². The van der Waals surface area contributed by atoms with Gasteiger partial charge in [0.15, 0.2) is 0 Å². The maximum atomic E-state index is 5.50. The zero-order chi connectivity index (χ0) is 11.0. The van der Waals surface area contributed by atoms with Gasteiger partial charge in [0.1, 0.15) is 5.76 Å². The monoisotopic (exact) mass is 209 g/mol. The zero-order valence-corrected chi connectivity index (χ0v) is 8.97. The Hall–Kier alpha value is -2.09. The summed E-state index contributed by atoms with van der Waals surface area (Å²) in [6.45, 7) is 0. The summed E-state index contributed by atoms with van der Waals surface area (Å²) in [5.74, 6) is 0.904. The molecule has 1 radical (unpaired) electrons. The van der Waals surface area contributed by atoms with E-state index in [1.807, 2.05) is 48.5 Å². The van der Waals surface area contributed by atoms with E-state index < -0.39 is 0 Å². The van der Waals surface area contributed by atoms with Crippen LogP contribution < -0.4 is 15.6 Å². The summed E-state index contributed by atoms with van der Waals surface area (Å²) < 4.78 is 5.50. The van der Waals surface area contributed by atoms with Gasteiger partial charge in [-0.1, -0.05) is 24.3 Å². The van der Waals surface area contributed by atoms with Gasteiger partial charge in [-0.15, -0.1) is 0 Å². The Labute approximate surface area is 93.5 Å². The van der Waals surface area contributed by atoms with E-state index >= 15 is 0 Å². The summed E-state index contributed by atoms with van der Waals surface area (Å²) in [5, 5.41) is 2.03. The number of rotatable bonds is 1. The van der Waals surface area contributed by atoms with Crippen molar-refractivity contribution in [1.82, 2.24) is 4.99 Å². The molecule has 0 unspecified atom stereocenters. The fourth-order valence-electron chi connectivity index (χ4n) is 2.02. The number of hydrogen-bond donors (Lipinski definition) is 0. The average Bonchev–Trinajstić information content (AvgIpc) is 2.36. The Morgan fingerprint density at radius 3 is 2.56 bits per heavy atom. The van der Waals surface area contributed by atoms with Crippen LogP contribution in [0.2, 0.25) is 0 Å². The third-order valence-corrected chi connectivity index (χ3v) is 2.74. The van der Waals surface area contributed by atoms with Gasteiger partial charge in [-0.05, 0) is 12.1 Å². The fraction of sp³-hybridized carbons (Fsp3) is 0.0714. The van der Waals surface area contributed by atoms with Gasteiger partial charge >= 0.3 is 0 Å². The molecule has 2 aromatic rings. The van der Waals surface area contributed by atoms with Crippen LogP contribution in [0, 0.1) is 0 Å². The summed E-state index contributed by atoms with van der Waals surface area (Å²) in [7, 11) is 1.70. The summed E-state index contributed by atoms with van der Waals surface area (Å²) in [6, 6.07) is 16.1. The lowest BCUT2D eigenvalue weighted by Gasteiger charge is -2.06. The molecular formula is C14H11NO+. The molecule has 1 heterocycles. The van der Waals surface area contributed by atoms with E-state index in [0.717, 1.165) is 27.6 Å². The molecule has 2 aromatic carbocycles. The van der Waals surface area contributed by atoms with E-state index in [0.29, 0.717) is 0 Å². The van der Waals surface area contributed by atoms with Crippen molar-refractivity contribution >= 4 is 11.4 Å². The van der Waals surface area contributed by atoms with Gasteiger partial charge in [-0.2, -0.15) is 0 Å². The standard InChI is InChI=1S/C14H11NO/c1-16-14-10-6-2-4-8-12(10)15-13-9-5-3-7-11(13)14/h2-9H,1H3/q+1. The Morgan fingerprint density at radius 2 is 1.69 bits per heavy atom.